The molecule has 0 aliphatic rings. The molecule has 9 heteroatoms. The van der Waals surface area contributed by atoms with Gasteiger partial charge in [0, 0.05) is 29.8 Å². The van der Waals surface area contributed by atoms with Gasteiger partial charge in [-0.05, 0) is 42.5 Å². The molecular weight excluding hydrogens is 597 g/mol. The van der Waals surface area contributed by atoms with Gasteiger partial charge in [-0.25, -0.2) is 0 Å². The molecule has 46 heavy (non-hydrogen) atoms. The molecule has 0 aliphatic heterocycles. The van der Waals surface area contributed by atoms with Gasteiger partial charge in [-0.2, -0.15) is 13.2 Å². The Hall–Kier alpha value is -5.85. The van der Waals surface area contributed by atoms with Gasteiger partial charge in [0.25, 0.3) is 0 Å². The summed E-state index contributed by atoms with van der Waals surface area (Å²) in [6.45, 7) is 0. The van der Waals surface area contributed by atoms with Crippen LogP contribution in [0.4, 0.5) is 13.2 Å². The fourth-order valence-corrected chi connectivity index (χ4v) is 4.25. The van der Waals surface area contributed by atoms with Crippen LogP contribution < -0.4 is 28.4 Å². The molecule has 4 aromatic rings. The fourth-order valence-electron chi connectivity index (χ4n) is 4.25. The number of ether oxygens (including phenoxy) is 6. The van der Waals surface area contributed by atoms with Crippen LogP contribution in [0.5, 0.6) is 34.5 Å². The summed E-state index contributed by atoms with van der Waals surface area (Å²) in [7, 11) is 9.19. The van der Waals surface area contributed by atoms with Crippen molar-refractivity contribution in [3.63, 3.8) is 0 Å². The van der Waals surface area contributed by atoms with Crippen molar-refractivity contribution in [2.24, 2.45) is 0 Å². The van der Waals surface area contributed by atoms with E-state index >= 15 is 0 Å². The van der Waals surface area contributed by atoms with Gasteiger partial charge in [0.1, 0.15) is 34.5 Å². The third-order valence-corrected chi connectivity index (χ3v) is 6.67. The highest BCUT2D eigenvalue weighted by atomic mass is 19.4. The number of hydrogen-bond donors (Lipinski definition) is 0. The molecule has 0 aromatic heterocycles. The summed E-state index contributed by atoms with van der Waals surface area (Å²) in [5, 5.41) is 0. The molecule has 0 saturated heterocycles. The molecule has 0 amide bonds. The number of alkyl halides is 3. The molecule has 4 aromatic carbocycles. The van der Waals surface area contributed by atoms with Crippen molar-refractivity contribution in [2.45, 2.75) is 6.18 Å². The van der Waals surface area contributed by atoms with Crippen molar-refractivity contribution < 1.29 is 41.6 Å². The predicted molar refractivity (Wildman–Crippen MR) is 168 cm³/mol. The van der Waals surface area contributed by atoms with Crippen LogP contribution in [0.15, 0.2) is 66.7 Å². The molecule has 0 N–H and O–H groups in total. The zero-order chi connectivity index (χ0) is 33.3. The minimum atomic E-state index is -4.42. The first-order chi connectivity index (χ1) is 22.1. The van der Waals surface area contributed by atoms with Crippen LogP contribution in [-0.4, -0.2) is 42.7 Å². The molecule has 0 radical (unpaired) electrons. The Kier molecular flexibility index (Phi) is 10.6. The average Bonchev–Trinajstić information content (AvgIpc) is 3.08. The van der Waals surface area contributed by atoms with Gasteiger partial charge in [-0.15, -0.1) is 0 Å². The van der Waals surface area contributed by atoms with Crippen LogP contribution in [0.1, 0.15) is 38.9 Å². The highest BCUT2D eigenvalue weighted by molar-refractivity contribution is 5.64. The van der Waals surface area contributed by atoms with Gasteiger partial charge in [0.05, 0.1) is 76.0 Å². The van der Waals surface area contributed by atoms with E-state index in [1.54, 1.807) is 56.7 Å². The van der Waals surface area contributed by atoms with E-state index in [9.17, 15) is 13.2 Å². The second kappa shape index (κ2) is 14.8. The fraction of sp³-hybridized carbons (Fsp3) is 0.189. The average molecular weight is 627 g/mol. The summed E-state index contributed by atoms with van der Waals surface area (Å²) >= 11 is 0. The van der Waals surface area contributed by atoms with Gasteiger partial charge >= 0.3 is 6.18 Å². The predicted octanol–water partition coefficient (Wildman–Crippen LogP) is 6.96. The Labute approximate surface area is 266 Å². The Morgan fingerprint density at radius 3 is 1.13 bits per heavy atom. The van der Waals surface area contributed by atoms with E-state index in [1.165, 1.54) is 40.6 Å². The Morgan fingerprint density at radius 2 is 0.783 bits per heavy atom. The normalized spacial score (nSPS) is 10.2. The second-order valence-corrected chi connectivity index (χ2v) is 9.40. The molecule has 0 atom stereocenters. The Bertz CT molecular complexity index is 1910. The number of benzene rings is 4. The minimum Gasteiger partial charge on any atom is -0.497 e. The molecule has 4 rings (SSSR count). The monoisotopic (exact) mass is 626 g/mol. The van der Waals surface area contributed by atoms with Crippen LogP contribution in [0.2, 0.25) is 0 Å². The lowest BCUT2D eigenvalue weighted by Crippen LogP contribution is -2.04. The van der Waals surface area contributed by atoms with Crippen molar-refractivity contribution in [2.75, 3.05) is 42.7 Å². The van der Waals surface area contributed by atoms with E-state index in [0.717, 1.165) is 12.1 Å². The molecule has 6 nitrogen and oxygen atoms in total. The van der Waals surface area contributed by atoms with E-state index in [1.807, 2.05) is 0 Å². The molecule has 0 heterocycles. The number of halogens is 3. The molecule has 0 saturated carbocycles. The zero-order valence-corrected chi connectivity index (χ0v) is 25.9. The third kappa shape index (κ3) is 7.80. The molecule has 0 unspecified atom stereocenters. The lowest BCUT2D eigenvalue weighted by atomic mass is 10.1. The van der Waals surface area contributed by atoms with E-state index in [4.69, 9.17) is 28.4 Å². The third-order valence-electron chi connectivity index (χ3n) is 6.67. The Morgan fingerprint density at radius 1 is 0.413 bits per heavy atom. The lowest BCUT2D eigenvalue weighted by Gasteiger charge is -2.10. The molecule has 0 bridgehead atoms. The van der Waals surface area contributed by atoms with Crippen LogP contribution in [-0.2, 0) is 6.18 Å². The lowest BCUT2D eigenvalue weighted by molar-refractivity contribution is -0.137. The summed E-state index contributed by atoms with van der Waals surface area (Å²) in [5.74, 6) is 21.3. The molecule has 0 spiro atoms. The first-order valence-corrected chi connectivity index (χ1v) is 13.6. The standard InChI is InChI=1S/C37H29F3O6/c1-41-31-17-18-32(42-2)25(19-31)11-12-27-22-36(46-6)29(23-35(27)45-5)14-13-28-21-33(43-3)26(20-34(28)44-4)10-7-24-8-15-30(16-9-24)37(38,39)40/h8-9,15-23H,1-6H3. The summed E-state index contributed by atoms with van der Waals surface area (Å²) in [6, 6.07) is 16.7. The van der Waals surface area contributed by atoms with E-state index < -0.39 is 11.7 Å². The van der Waals surface area contributed by atoms with E-state index in [0.29, 0.717) is 67.9 Å². The van der Waals surface area contributed by atoms with Gasteiger partial charge in [-0.1, -0.05) is 35.5 Å². The Balaban J connectivity index is 1.69. The maximum Gasteiger partial charge on any atom is 0.416 e. The number of rotatable bonds is 6. The molecule has 0 aliphatic carbocycles. The molecular formula is C37H29F3O6. The second-order valence-electron chi connectivity index (χ2n) is 9.40. The maximum atomic E-state index is 12.9. The summed E-state index contributed by atoms with van der Waals surface area (Å²) in [6.07, 6.45) is -4.42. The minimum absolute atomic E-state index is 0.410. The summed E-state index contributed by atoms with van der Waals surface area (Å²) < 4.78 is 71.7. The quantitative estimate of drug-likeness (QED) is 0.216. The van der Waals surface area contributed by atoms with Crippen molar-refractivity contribution in [3.8, 4) is 70.0 Å². The smallest absolute Gasteiger partial charge is 0.416 e. The first-order valence-electron chi connectivity index (χ1n) is 13.6. The van der Waals surface area contributed by atoms with Crippen LogP contribution in [0.3, 0.4) is 0 Å². The van der Waals surface area contributed by atoms with Crippen LogP contribution >= 0.6 is 0 Å². The SMILES string of the molecule is COc1ccc(OC)c(C#Cc2cc(OC)c(C#Cc3cc(OC)c(C#Cc4ccc(C(F)(F)F)cc4)cc3OC)cc2OC)c1. The summed E-state index contributed by atoms with van der Waals surface area (Å²) in [5.41, 5.74) is 2.40. The van der Waals surface area contributed by atoms with Crippen molar-refractivity contribution in [3.05, 3.63) is 106 Å². The molecule has 0 fully saturated rings. The van der Waals surface area contributed by atoms with Gasteiger partial charge < -0.3 is 28.4 Å². The van der Waals surface area contributed by atoms with Crippen molar-refractivity contribution in [1.29, 1.82) is 0 Å². The van der Waals surface area contributed by atoms with Gasteiger partial charge in [0.2, 0.25) is 0 Å². The number of methoxy groups -OCH3 is 6. The summed E-state index contributed by atoms with van der Waals surface area (Å²) in [4.78, 5) is 0. The van der Waals surface area contributed by atoms with Gasteiger partial charge in [-0.3, -0.25) is 0 Å². The highest BCUT2D eigenvalue weighted by Gasteiger charge is 2.29. The maximum absolute atomic E-state index is 12.9. The van der Waals surface area contributed by atoms with E-state index in [2.05, 4.69) is 35.5 Å². The number of hydrogen-bond acceptors (Lipinski definition) is 6. The highest BCUT2D eigenvalue weighted by Crippen LogP contribution is 2.32. The molecule has 234 valence electrons. The van der Waals surface area contributed by atoms with Crippen molar-refractivity contribution >= 4 is 0 Å². The van der Waals surface area contributed by atoms with Crippen molar-refractivity contribution in [1.82, 2.24) is 0 Å². The largest absolute Gasteiger partial charge is 0.497 e. The van der Waals surface area contributed by atoms with Crippen LogP contribution in [0, 0.1) is 35.5 Å². The van der Waals surface area contributed by atoms with Gasteiger partial charge in [0.15, 0.2) is 0 Å². The zero-order valence-electron chi connectivity index (χ0n) is 25.9. The van der Waals surface area contributed by atoms with E-state index in [-0.39, 0.29) is 0 Å². The first kappa shape index (κ1) is 33.1. The topological polar surface area (TPSA) is 55.4 Å². The van der Waals surface area contributed by atoms with Crippen LogP contribution in [0.25, 0.3) is 0 Å².